The third-order valence-electron chi connectivity index (χ3n) is 3.25. The maximum absolute atomic E-state index is 11.5. The Kier molecular flexibility index (Phi) is 4.25. The zero-order chi connectivity index (χ0) is 16.4. The number of nitrogens with zero attached hydrogens (tertiary/aromatic N) is 2. The Hall–Kier alpha value is -2.09. The minimum atomic E-state index is -4.42. The van der Waals surface area contributed by atoms with Gasteiger partial charge >= 0.3 is 10.1 Å². The van der Waals surface area contributed by atoms with Crippen molar-refractivity contribution in [3.05, 3.63) is 53.6 Å². The van der Waals surface area contributed by atoms with Crippen molar-refractivity contribution in [2.24, 2.45) is 0 Å². The van der Waals surface area contributed by atoms with Gasteiger partial charge < -0.3 is 9.30 Å². The van der Waals surface area contributed by atoms with E-state index in [-0.39, 0.29) is 13.2 Å². The standard InChI is InChI=1S/C15H13ClN2O4S/c16-11-5-7-12(8-6-11)22-10-9-18-14-4-2-1-3-13(14)17-15(18)23(19,20)21/h1-8H,9-10H2,(H,19,20,21). The molecule has 0 saturated carbocycles. The fraction of sp³-hybridized carbons (Fsp3) is 0.133. The summed E-state index contributed by atoms with van der Waals surface area (Å²) in [6.07, 6.45) is 0. The second-order valence-corrected chi connectivity index (χ2v) is 6.56. The first-order valence-corrected chi connectivity index (χ1v) is 8.58. The summed E-state index contributed by atoms with van der Waals surface area (Å²) in [5.41, 5.74) is 1.10. The number of hydrogen-bond acceptors (Lipinski definition) is 4. The Morgan fingerprint density at radius 1 is 1.13 bits per heavy atom. The van der Waals surface area contributed by atoms with Gasteiger partial charge in [0.25, 0.3) is 5.16 Å². The number of imidazole rings is 1. The second kappa shape index (κ2) is 6.19. The van der Waals surface area contributed by atoms with E-state index in [0.717, 1.165) is 0 Å². The molecule has 0 unspecified atom stereocenters. The van der Waals surface area contributed by atoms with Crippen LogP contribution in [-0.4, -0.2) is 29.1 Å². The minimum absolute atomic E-state index is 0.213. The van der Waals surface area contributed by atoms with Gasteiger partial charge in [-0.05, 0) is 36.4 Å². The van der Waals surface area contributed by atoms with E-state index in [4.69, 9.17) is 16.3 Å². The molecule has 1 heterocycles. The van der Waals surface area contributed by atoms with E-state index in [2.05, 4.69) is 4.98 Å². The summed E-state index contributed by atoms with van der Waals surface area (Å²) in [7, 11) is -4.42. The highest BCUT2D eigenvalue weighted by molar-refractivity contribution is 7.85. The van der Waals surface area contributed by atoms with E-state index in [1.807, 2.05) is 0 Å². The van der Waals surface area contributed by atoms with Crippen molar-refractivity contribution in [1.29, 1.82) is 0 Å². The molecule has 0 atom stereocenters. The van der Waals surface area contributed by atoms with E-state index >= 15 is 0 Å². The van der Waals surface area contributed by atoms with Crippen LogP contribution in [0.2, 0.25) is 5.02 Å². The average molecular weight is 353 g/mol. The van der Waals surface area contributed by atoms with Crippen molar-refractivity contribution < 1.29 is 17.7 Å². The van der Waals surface area contributed by atoms with Gasteiger partial charge in [0.15, 0.2) is 0 Å². The number of hydrogen-bond donors (Lipinski definition) is 1. The third-order valence-corrected chi connectivity index (χ3v) is 4.27. The van der Waals surface area contributed by atoms with Crippen LogP contribution in [0, 0.1) is 0 Å². The van der Waals surface area contributed by atoms with Crippen LogP contribution in [0.4, 0.5) is 0 Å². The van der Waals surface area contributed by atoms with Crippen molar-refractivity contribution >= 4 is 32.8 Å². The van der Waals surface area contributed by atoms with E-state index in [9.17, 15) is 13.0 Å². The Morgan fingerprint density at radius 2 is 1.83 bits per heavy atom. The lowest BCUT2D eigenvalue weighted by Gasteiger charge is -2.09. The number of halogens is 1. The monoisotopic (exact) mass is 352 g/mol. The molecule has 0 fully saturated rings. The van der Waals surface area contributed by atoms with Crippen molar-refractivity contribution in [1.82, 2.24) is 9.55 Å². The van der Waals surface area contributed by atoms with E-state index in [1.54, 1.807) is 48.5 Å². The molecule has 0 aliphatic heterocycles. The summed E-state index contributed by atoms with van der Waals surface area (Å²) < 4.78 is 39.4. The van der Waals surface area contributed by atoms with Crippen LogP contribution in [0.3, 0.4) is 0 Å². The first-order chi connectivity index (χ1) is 10.9. The first-order valence-electron chi connectivity index (χ1n) is 6.76. The lowest BCUT2D eigenvalue weighted by Crippen LogP contribution is -2.14. The number of ether oxygens (including phenoxy) is 1. The Morgan fingerprint density at radius 3 is 2.52 bits per heavy atom. The number of para-hydroxylation sites is 2. The lowest BCUT2D eigenvalue weighted by molar-refractivity contribution is 0.294. The number of fused-ring (bicyclic) bond motifs is 1. The topological polar surface area (TPSA) is 81.4 Å². The Balaban J connectivity index is 1.85. The van der Waals surface area contributed by atoms with Crippen LogP contribution in [-0.2, 0) is 16.7 Å². The molecule has 0 spiro atoms. The van der Waals surface area contributed by atoms with Crippen LogP contribution in [0.1, 0.15) is 0 Å². The first kappa shape index (κ1) is 15.8. The van der Waals surface area contributed by atoms with Gasteiger partial charge in [-0.2, -0.15) is 8.42 Å². The molecule has 23 heavy (non-hydrogen) atoms. The zero-order valence-corrected chi connectivity index (χ0v) is 13.5. The lowest BCUT2D eigenvalue weighted by atomic mass is 10.3. The van der Waals surface area contributed by atoms with Crippen LogP contribution in [0.25, 0.3) is 11.0 Å². The predicted molar refractivity (Wildman–Crippen MR) is 86.5 cm³/mol. The normalized spacial score (nSPS) is 11.7. The van der Waals surface area contributed by atoms with E-state index in [1.165, 1.54) is 4.57 Å². The van der Waals surface area contributed by atoms with E-state index in [0.29, 0.717) is 21.8 Å². The summed E-state index contributed by atoms with van der Waals surface area (Å²) in [6.45, 7) is 0.433. The predicted octanol–water partition coefficient (Wildman–Crippen LogP) is 3.02. The number of aromatic nitrogens is 2. The summed E-state index contributed by atoms with van der Waals surface area (Å²) in [5, 5.41) is 0.213. The molecule has 6 nitrogen and oxygen atoms in total. The quantitative estimate of drug-likeness (QED) is 0.714. The fourth-order valence-corrected chi connectivity index (χ4v) is 3.06. The Labute approximate surface area is 138 Å². The zero-order valence-electron chi connectivity index (χ0n) is 11.9. The average Bonchev–Trinajstić information content (AvgIpc) is 2.89. The fourth-order valence-electron chi connectivity index (χ4n) is 2.25. The summed E-state index contributed by atoms with van der Waals surface area (Å²) >= 11 is 5.80. The summed E-state index contributed by atoms with van der Waals surface area (Å²) in [4.78, 5) is 3.97. The molecule has 3 aromatic rings. The van der Waals surface area contributed by atoms with Gasteiger partial charge in [-0.25, -0.2) is 4.98 Å². The van der Waals surface area contributed by atoms with Gasteiger partial charge in [-0.15, -0.1) is 0 Å². The summed E-state index contributed by atoms with van der Waals surface area (Å²) in [6, 6.07) is 13.8. The third kappa shape index (κ3) is 3.47. The number of rotatable bonds is 5. The molecule has 0 aliphatic carbocycles. The van der Waals surface area contributed by atoms with E-state index < -0.39 is 15.3 Å². The molecule has 3 rings (SSSR count). The smallest absolute Gasteiger partial charge is 0.328 e. The van der Waals surface area contributed by atoms with Crippen molar-refractivity contribution in [2.75, 3.05) is 6.61 Å². The summed E-state index contributed by atoms with van der Waals surface area (Å²) in [5.74, 6) is 0.618. The molecule has 120 valence electrons. The van der Waals surface area contributed by atoms with Crippen molar-refractivity contribution in [3.63, 3.8) is 0 Å². The maximum atomic E-state index is 11.5. The molecular formula is C15H13ClN2O4S. The largest absolute Gasteiger partial charge is 0.492 e. The highest BCUT2D eigenvalue weighted by Crippen LogP contribution is 2.20. The van der Waals surface area contributed by atoms with Crippen molar-refractivity contribution in [2.45, 2.75) is 11.7 Å². The Bertz CT molecular complexity index is 936. The molecule has 0 aliphatic rings. The van der Waals surface area contributed by atoms with Crippen LogP contribution in [0.15, 0.2) is 53.7 Å². The molecular weight excluding hydrogens is 340 g/mol. The van der Waals surface area contributed by atoms with Gasteiger partial charge in [0.1, 0.15) is 12.4 Å². The van der Waals surface area contributed by atoms with Gasteiger partial charge in [0, 0.05) is 5.02 Å². The van der Waals surface area contributed by atoms with Gasteiger partial charge in [0.05, 0.1) is 17.6 Å². The molecule has 8 heteroatoms. The van der Waals surface area contributed by atoms with Crippen LogP contribution < -0.4 is 4.74 Å². The maximum Gasteiger partial charge on any atom is 0.328 e. The SMILES string of the molecule is O=S(=O)(O)c1nc2ccccc2n1CCOc1ccc(Cl)cc1. The molecule has 0 radical (unpaired) electrons. The molecule has 0 amide bonds. The number of benzene rings is 2. The molecule has 0 bridgehead atoms. The minimum Gasteiger partial charge on any atom is -0.492 e. The second-order valence-electron chi connectivity index (χ2n) is 4.81. The van der Waals surface area contributed by atoms with Gasteiger partial charge in [-0.1, -0.05) is 23.7 Å². The van der Waals surface area contributed by atoms with Gasteiger partial charge in [0.2, 0.25) is 0 Å². The molecule has 2 aromatic carbocycles. The molecule has 1 N–H and O–H groups in total. The van der Waals surface area contributed by atoms with Crippen LogP contribution >= 0.6 is 11.6 Å². The molecule has 0 saturated heterocycles. The molecule has 1 aromatic heterocycles. The highest BCUT2D eigenvalue weighted by atomic mass is 35.5. The van der Waals surface area contributed by atoms with Crippen molar-refractivity contribution in [3.8, 4) is 5.75 Å². The highest BCUT2D eigenvalue weighted by Gasteiger charge is 2.21. The van der Waals surface area contributed by atoms with Crippen LogP contribution in [0.5, 0.6) is 5.75 Å². The van der Waals surface area contributed by atoms with Gasteiger partial charge in [-0.3, -0.25) is 4.55 Å².